The van der Waals surface area contributed by atoms with Crippen LogP contribution in [0.2, 0.25) is 0 Å². The van der Waals surface area contributed by atoms with Gasteiger partial charge >= 0.3 is 0 Å². The maximum atomic E-state index is 13.1. The van der Waals surface area contributed by atoms with E-state index in [-0.39, 0.29) is 31.1 Å². The number of piperidine rings is 1. The summed E-state index contributed by atoms with van der Waals surface area (Å²) in [6.45, 7) is 2.42. The van der Waals surface area contributed by atoms with Gasteiger partial charge in [-0.05, 0) is 44.6 Å². The van der Waals surface area contributed by atoms with E-state index in [4.69, 9.17) is 0 Å². The number of hydrogen-bond acceptors (Lipinski definition) is 3. The first-order valence-corrected chi connectivity index (χ1v) is 9.04. The average molecular weight is 337 g/mol. The van der Waals surface area contributed by atoms with Gasteiger partial charge in [0.05, 0.1) is 11.1 Å². The molecule has 2 fully saturated rings. The van der Waals surface area contributed by atoms with Gasteiger partial charge in [0.25, 0.3) is 0 Å². The standard InChI is InChI=1S/C20H23N3O2/c1-13-18(10-21)17-4-2-3-5-19(17)22(13)11-20(25)23-15-6-7-16(23)9-14(8-15)12-24/h2-5,14-16,24H,6-9,11-12H2,1H3/t14?,15-,16+. The molecule has 0 saturated carbocycles. The van der Waals surface area contributed by atoms with E-state index >= 15 is 0 Å². The molecule has 2 aromatic rings. The lowest BCUT2D eigenvalue weighted by Gasteiger charge is -2.38. The van der Waals surface area contributed by atoms with E-state index < -0.39 is 0 Å². The van der Waals surface area contributed by atoms with Gasteiger partial charge in [0, 0.05) is 29.8 Å². The second kappa shape index (κ2) is 6.20. The Hall–Kier alpha value is -2.32. The number of benzene rings is 1. The first kappa shape index (κ1) is 16.2. The fourth-order valence-electron chi connectivity index (χ4n) is 4.84. The molecule has 3 heterocycles. The molecule has 2 bridgehead atoms. The van der Waals surface area contributed by atoms with Crippen molar-refractivity contribution in [3.05, 3.63) is 35.5 Å². The minimum atomic E-state index is 0.136. The molecule has 1 aromatic heterocycles. The molecule has 2 aliphatic rings. The molecule has 2 saturated heterocycles. The van der Waals surface area contributed by atoms with Crippen LogP contribution in [0.15, 0.2) is 24.3 Å². The van der Waals surface area contributed by atoms with E-state index in [0.29, 0.717) is 11.5 Å². The second-order valence-electron chi connectivity index (χ2n) is 7.38. The molecule has 1 unspecified atom stereocenters. The van der Waals surface area contributed by atoms with Gasteiger partial charge in [-0.25, -0.2) is 0 Å². The quantitative estimate of drug-likeness (QED) is 0.936. The van der Waals surface area contributed by atoms with Crippen LogP contribution in [-0.4, -0.2) is 39.2 Å². The van der Waals surface area contributed by atoms with E-state index in [1.165, 1.54) is 0 Å². The largest absolute Gasteiger partial charge is 0.396 e. The molecule has 5 nitrogen and oxygen atoms in total. The van der Waals surface area contributed by atoms with Gasteiger partial charge in [-0.15, -0.1) is 0 Å². The molecule has 1 aromatic carbocycles. The summed E-state index contributed by atoms with van der Waals surface area (Å²) in [6.07, 6.45) is 3.91. The third kappa shape index (κ3) is 2.52. The Morgan fingerprint density at radius 3 is 2.60 bits per heavy atom. The minimum Gasteiger partial charge on any atom is -0.396 e. The summed E-state index contributed by atoms with van der Waals surface area (Å²) in [5, 5.41) is 19.9. The van der Waals surface area contributed by atoms with Crippen molar-refractivity contribution in [3.8, 4) is 6.07 Å². The Kier molecular flexibility index (Phi) is 4.01. The van der Waals surface area contributed by atoms with Gasteiger partial charge in [-0.3, -0.25) is 4.79 Å². The topological polar surface area (TPSA) is 69.3 Å². The van der Waals surface area contributed by atoms with Gasteiger partial charge in [0.15, 0.2) is 0 Å². The Balaban J connectivity index is 1.64. The van der Waals surface area contributed by atoms with Crippen LogP contribution in [0.4, 0.5) is 0 Å². The van der Waals surface area contributed by atoms with Crippen LogP contribution in [0.3, 0.4) is 0 Å². The highest BCUT2D eigenvalue weighted by Gasteiger charge is 2.42. The number of para-hydroxylation sites is 1. The Bertz CT molecular complexity index is 850. The van der Waals surface area contributed by atoms with Crippen LogP contribution in [0.1, 0.15) is 36.9 Å². The Labute approximate surface area is 147 Å². The number of aromatic nitrogens is 1. The lowest BCUT2D eigenvalue weighted by atomic mass is 9.91. The fourth-order valence-corrected chi connectivity index (χ4v) is 4.84. The zero-order valence-corrected chi connectivity index (χ0v) is 14.5. The molecule has 0 radical (unpaired) electrons. The minimum absolute atomic E-state index is 0.136. The van der Waals surface area contributed by atoms with Gasteiger partial charge < -0.3 is 14.6 Å². The maximum Gasteiger partial charge on any atom is 0.243 e. The fraction of sp³-hybridized carbons (Fsp3) is 0.500. The van der Waals surface area contributed by atoms with Gasteiger partial charge in [0.2, 0.25) is 5.91 Å². The first-order valence-electron chi connectivity index (χ1n) is 9.04. The van der Waals surface area contributed by atoms with Crippen LogP contribution in [-0.2, 0) is 11.3 Å². The van der Waals surface area contributed by atoms with Crippen LogP contribution in [0, 0.1) is 24.2 Å². The molecule has 1 N–H and O–H groups in total. The van der Waals surface area contributed by atoms with Crippen molar-refractivity contribution in [3.63, 3.8) is 0 Å². The van der Waals surface area contributed by atoms with Crippen molar-refractivity contribution >= 4 is 16.8 Å². The van der Waals surface area contributed by atoms with Crippen LogP contribution < -0.4 is 0 Å². The maximum absolute atomic E-state index is 13.1. The zero-order valence-electron chi connectivity index (χ0n) is 14.5. The molecule has 2 aliphatic heterocycles. The predicted octanol–water partition coefficient (Wildman–Crippen LogP) is 2.58. The predicted molar refractivity (Wildman–Crippen MR) is 94.9 cm³/mol. The van der Waals surface area contributed by atoms with Gasteiger partial charge in [0.1, 0.15) is 12.6 Å². The number of hydrogen-bond donors (Lipinski definition) is 1. The van der Waals surface area contributed by atoms with Crippen LogP contribution in [0.25, 0.3) is 10.9 Å². The molecule has 25 heavy (non-hydrogen) atoms. The molecule has 1 amide bonds. The summed E-state index contributed by atoms with van der Waals surface area (Å²) in [4.78, 5) is 15.1. The van der Waals surface area contributed by atoms with Crippen LogP contribution in [0.5, 0.6) is 0 Å². The van der Waals surface area contributed by atoms with Crippen molar-refractivity contribution in [1.82, 2.24) is 9.47 Å². The third-order valence-corrected chi connectivity index (χ3v) is 6.01. The van der Waals surface area contributed by atoms with E-state index in [0.717, 1.165) is 42.3 Å². The van der Waals surface area contributed by atoms with E-state index in [1.54, 1.807) is 0 Å². The van der Waals surface area contributed by atoms with E-state index in [1.807, 2.05) is 35.8 Å². The smallest absolute Gasteiger partial charge is 0.243 e. The van der Waals surface area contributed by atoms with Gasteiger partial charge in [-0.1, -0.05) is 18.2 Å². The molecule has 130 valence electrons. The lowest BCUT2D eigenvalue weighted by molar-refractivity contribution is -0.137. The Morgan fingerprint density at radius 1 is 1.28 bits per heavy atom. The number of carbonyl (C=O) groups excluding carboxylic acids is 1. The lowest BCUT2D eigenvalue weighted by Crippen LogP contribution is -2.48. The van der Waals surface area contributed by atoms with Crippen molar-refractivity contribution in [2.24, 2.45) is 5.92 Å². The Morgan fingerprint density at radius 2 is 1.96 bits per heavy atom. The number of nitriles is 1. The first-order chi connectivity index (χ1) is 12.1. The molecule has 0 aliphatic carbocycles. The highest BCUT2D eigenvalue weighted by Crippen LogP contribution is 2.39. The highest BCUT2D eigenvalue weighted by molar-refractivity contribution is 5.89. The monoisotopic (exact) mass is 337 g/mol. The zero-order chi connectivity index (χ0) is 17.6. The van der Waals surface area contributed by atoms with Crippen molar-refractivity contribution < 1.29 is 9.90 Å². The normalized spacial score (nSPS) is 25.3. The van der Waals surface area contributed by atoms with Crippen molar-refractivity contribution in [2.45, 2.75) is 51.2 Å². The van der Waals surface area contributed by atoms with Crippen molar-refractivity contribution in [1.29, 1.82) is 5.26 Å². The van der Waals surface area contributed by atoms with Crippen molar-refractivity contribution in [2.75, 3.05) is 6.61 Å². The molecule has 0 spiro atoms. The molecular formula is C20H23N3O2. The molecule has 4 rings (SSSR count). The van der Waals surface area contributed by atoms with Gasteiger partial charge in [-0.2, -0.15) is 5.26 Å². The summed E-state index contributed by atoms with van der Waals surface area (Å²) in [6, 6.07) is 10.6. The second-order valence-corrected chi connectivity index (χ2v) is 7.38. The number of carbonyl (C=O) groups is 1. The number of amides is 1. The van der Waals surface area contributed by atoms with E-state index in [9.17, 15) is 15.2 Å². The summed E-state index contributed by atoms with van der Waals surface area (Å²) in [5.41, 5.74) is 2.46. The number of rotatable bonds is 3. The number of nitrogens with zero attached hydrogens (tertiary/aromatic N) is 3. The SMILES string of the molecule is Cc1c(C#N)c2ccccc2n1CC(=O)N1[C@@H]2CC[C@H]1CC(CO)C2. The number of aliphatic hydroxyl groups is 1. The summed E-state index contributed by atoms with van der Waals surface area (Å²) < 4.78 is 1.98. The molecular weight excluding hydrogens is 314 g/mol. The number of aliphatic hydroxyl groups excluding tert-OH is 1. The molecule has 5 heteroatoms. The van der Waals surface area contributed by atoms with Crippen LogP contribution >= 0.6 is 0 Å². The average Bonchev–Trinajstić information content (AvgIpc) is 3.05. The summed E-state index contributed by atoms with van der Waals surface area (Å²) >= 11 is 0. The third-order valence-electron chi connectivity index (χ3n) is 6.01. The molecule has 3 atom stereocenters. The summed E-state index contributed by atoms with van der Waals surface area (Å²) in [7, 11) is 0. The van der Waals surface area contributed by atoms with E-state index in [2.05, 4.69) is 11.0 Å². The summed E-state index contributed by atoms with van der Waals surface area (Å²) in [5.74, 6) is 0.470. The number of fused-ring (bicyclic) bond motifs is 3. The highest BCUT2D eigenvalue weighted by atomic mass is 16.3.